The summed E-state index contributed by atoms with van der Waals surface area (Å²) in [6, 6.07) is 4.46. The molecule has 2 N–H and O–H groups in total. The Morgan fingerprint density at radius 1 is 1.14 bits per heavy atom. The van der Waals surface area contributed by atoms with E-state index in [-0.39, 0.29) is 0 Å². The van der Waals surface area contributed by atoms with Crippen LogP contribution in [0, 0.1) is 20.8 Å². The molecule has 1 unspecified atom stereocenters. The number of carbonyl (C=O) groups is 1. The molecular weight excluding hydrogens is 262 g/mol. The molecule has 0 spiro atoms. The van der Waals surface area contributed by atoms with Gasteiger partial charge in [-0.05, 0) is 57.2 Å². The third-order valence-electron chi connectivity index (χ3n) is 4.70. The lowest BCUT2D eigenvalue weighted by molar-refractivity contribution is -0.145. The number of aliphatic carboxylic acids is 1. The van der Waals surface area contributed by atoms with Gasteiger partial charge in [0.15, 0.2) is 0 Å². The van der Waals surface area contributed by atoms with Crippen LogP contribution in [-0.4, -0.2) is 17.1 Å². The zero-order chi connectivity index (χ0) is 15.6. The van der Waals surface area contributed by atoms with E-state index < -0.39 is 11.5 Å². The van der Waals surface area contributed by atoms with Crippen molar-refractivity contribution in [2.75, 3.05) is 0 Å². The Bertz CT molecular complexity index is 509. The van der Waals surface area contributed by atoms with Gasteiger partial charge in [-0.25, -0.2) is 4.79 Å². The SMILES string of the molecule is Cc1cc(C)c(C(C)(NC2CCCCC2)C(=O)O)c(C)c1. The molecule has 0 radical (unpaired) electrons. The van der Waals surface area contributed by atoms with Gasteiger partial charge in [0.25, 0.3) is 0 Å². The van der Waals surface area contributed by atoms with Gasteiger partial charge in [0, 0.05) is 6.04 Å². The minimum absolute atomic E-state index is 0.306. The van der Waals surface area contributed by atoms with Crippen LogP contribution in [0.15, 0.2) is 12.1 Å². The zero-order valence-corrected chi connectivity index (χ0v) is 13.6. The minimum Gasteiger partial charge on any atom is -0.480 e. The summed E-state index contributed by atoms with van der Waals surface area (Å²) in [5, 5.41) is 13.3. The molecule has 1 aromatic carbocycles. The van der Waals surface area contributed by atoms with Crippen molar-refractivity contribution in [1.29, 1.82) is 0 Å². The zero-order valence-electron chi connectivity index (χ0n) is 13.6. The lowest BCUT2D eigenvalue weighted by Gasteiger charge is -2.36. The summed E-state index contributed by atoms with van der Waals surface area (Å²) < 4.78 is 0. The van der Waals surface area contributed by atoms with Crippen LogP contribution in [0.1, 0.15) is 61.3 Å². The highest BCUT2D eigenvalue weighted by Gasteiger charge is 2.39. The molecule has 3 nitrogen and oxygen atoms in total. The molecule has 1 aliphatic carbocycles. The Balaban J connectivity index is 2.40. The second-order valence-corrected chi connectivity index (χ2v) is 6.68. The first-order valence-electron chi connectivity index (χ1n) is 7.94. The quantitative estimate of drug-likeness (QED) is 0.885. The second-order valence-electron chi connectivity index (χ2n) is 6.68. The fourth-order valence-corrected chi connectivity index (χ4v) is 3.86. The van der Waals surface area contributed by atoms with E-state index in [2.05, 4.69) is 24.4 Å². The largest absolute Gasteiger partial charge is 0.480 e. The summed E-state index contributed by atoms with van der Waals surface area (Å²) in [6.45, 7) is 7.89. The summed E-state index contributed by atoms with van der Waals surface area (Å²) in [5.41, 5.74) is 3.20. The molecule has 116 valence electrons. The topological polar surface area (TPSA) is 49.3 Å². The van der Waals surface area contributed by atoms with Crippen LogP contribution < -0.4 is 5.32 Å². The van der Waals surface area contributed by atoms with Crippen molar-refractivity contribution in [3.05, 3.63) is 34.4 Å². The molecular formula is C18H27NO2. The standard InChI is InChI=1S/C18H27NO2/c1-12-10-13(2)16(14(3)11-12)18(4,17(20)21)19-15-8-6-5-7-9-15/h10-11,15,19H,5-9H2,1-4H3,(H,20,21). The highest BCUT2D eigenvalue weighted by atomic mass is 16.4. The number of nitrogens with one attached hydrogen (secondary N) is 1. The molecule has 2 rings (SSSR count). The van der Waals surface area contributed by atoms with Crippen molar-refractivity contribution in [1.82, 2.24) is 5.32 Å². The predicted octanol–water partition coefficient (Wildman–Crippen LogP) is 3.83. The van der Waals surface area contributed by atoms with Gasteiger partial charge < -0.3 is 5.11 Å². The van der Waals surface area contributed by atoms with Crippen molar-refractivity contribution in [3.8, 4) is 0 Å². The number of rotatable bonds is 4. The molecule has 0 aromatic heterocycles. The normalized spacial score (nSPS) is 19.2. The van der Waals surface area contributed by atoms with Crippen LogP contribution in [-0.2, 0) is 10.3 Å². The summed E-state index contributed by atoms with van der Waals surface area (Å²) in [4.78, 5) is 12.0. The number of carboxylic acid groups (broad SMARTS) is 1. The Kier molecular flexibility index (Phi) is 4.72. The van der Waals surface area contributed by atoms with E-state index in [1.165, 1.54) is 24.8 Å². The maximum atomic E-state index is 12.0. The minimum atomic E-state index is -1.01. The predicted molar refractivity (Wildman–Crippen MR) is 85.6 cm³/mol. The first kappa shape index (κ1) is 16.0. The monoisotopic (exact) mass is 289 g/mol. The van der Waals surface area contributed by atoms with Crippen molar-refractivity contribution >= 4 is 5.97 Å². The van der Waals surface area contributed by atoms with Crippen LogP contribution in [0.25, 0.3) is 0 Å². The fourth-order valence-electron chi connectivity index (χ4n) is 3.86. The smallest absolute Gasteiger partial charge is 0.328 e. The van der Waals surface area contributed by atoms with Gasteiger partial charge in [0.1, 0.15) is 5.54 Å². The molecule has 0 amide bonds. The first-order valence-corrected chi connectivity index (χ1v) is 7.94. The van der Waals surface area contributed by atoms with Crippen molar-refractivity contribution in [2.45, 2.75) is 71.4 Å². The molecule has 3 heteroatoms. The van der Waals surface area contributed by atoms with Gasteiger partial charge in [0.05, 0.1) is 0 Å². The third kappa shape index (κ3) is 3.29. The fraction of sp³-hybridized carbons (Fsp3) is 0.611. The molecule has 21 heavy (non-hydrogen) atoms. The van der Waals surface area contributed by atoms with Gasteiger partial charge in [-0.3, -0.25) is 5.32 Å². The van der Waals surface area contributed by atoms with Gasteiger partial charge in [-0.2, -0.15) is 0 Å². The van der Waals surface area contributed by atoms with Crippen molar-refractivity contribution < 1.29 is 9.90 Å². The van der Waals surface area contributed by atoms with E-state index in [0.29, 0.717) is 6.04 Å². The molecule has 0 heterocycles. The second kappa shape index (κ2) is 6.18. The van der Waals surface area contributed by atoms with Crippen LogP contribution >= 0.6 is 0 Å². The summed E-state index contributed by atoms with van der Waals surface area (Å²) in [7, 11) is 0. The number of hydrogen-bond acceptors (Lipinski definition) is 2. The molecule has 1 fully saturated rings. The molecule has 1 aromatic rings. The Hall–Kier alpha value is -1.35. The highest BCUT2D eigenvalue weighted by Crippen LogP contribution is 2.31. The van der Waals surface area contributed by atoms with E-state index in [9.17, 15) is 9.90 Å². The molecule has 1 aliphatic rings. The van der Waals surface area contributed by atoms with Crippen LogP contribution in [0.2, 0.25) is 0 Å². The highest BCUT2D eigenvalue weighted by molar-refractivity contribution is 5.81. The summed E-state index contributed by atoms with van der Waals surface area (Å²) >= 11 is 0. The average molecular weight is 289 g/mol. The summed E-state index contributed by atoms with van der Waals surface area (Å²) in [5.74, 6) is -0.789. The summed E-state index contributed by atoms with van der Waals surface area (Å²) in [6.07, 6.45) is 5.81. The van der Waals surface area contributed by atoms with E-state index in [0.717, 1.165) is 29.5 Å². The number of aryl methyl sites for hydroxylation is 3. The number of benzene rings is 1. The lowest BCUT2D eigenvalue weighted by atomic mass is 9.82. The van der Waals surface area contributed by atoms with Crippen molar-refractivity contribution in [2.24, 2.45) is 0 Å². The van der Waals surface area contributed by atoms with E-state index in [4.69, 9.17) is 0 Å². The van der Waals surface area contributed by atoms with Gasteiger partial charge in [0.2, 0.25) is 0 Å². The number of hydrogen-bond donors (Lipinski definition) is 2. The maximum absolute atomic E-state index is 12.0. The third-order valence-corrected chi connectivity index (χ3v) is 4.70. The first-order chi connectivity index (χ1) is 9.84. The van der Waals surface area contributed by atoms with E-state index in [1.54, 1.807) is 0 Å². The van der Waals surface area contributed by atoms with Gasteiger partial charge in [-0.15, -0.1) is 0 Å². The van der Waals surface area contributed by atoms with Gasteiger partial charge in [-0.1, -0.05) is 37.0 Å². The van der Waals surface area contributed by atoms with Crippen LogP contribution in [0.5, 0.6) is 0 Å². The molecule has 0 aliphatic heterocycles. The van der Waals surface area contributed by atoms with Crippen LogP contribution in [0.4, 0.5) is 0 Å². The van der Waals surface area contributed by atoms with E-state index in [1.807, 2.05) is 20.8 Å². The van der Waals surface area contributed by atoms with Gasteiger partial charge >= 0.3 is 5.97 Å². The van der Waals surface area contributed by atoms with Crippen molar-refractivity contribution in [3.63, 3.8) is 0 Å². The molecule has 0 bridgehead atoms. The van der Waals surface area contributed by atoms with E-state index >= 15 is 0 Å². The maximum Gasteiger partial charge on any atom is 0.328 e. The molecule has 0 saturated heterocycles. The Labute approximate surface area is 127 Å². The molecule has 1 atom stereocenters. The Morgan fingerprint density at radius 2 is 1.67 bits per heavy atom. The number of carboxylic acids is 1. The lowest BCUT2D eigenvalue weighted by Crippen LogP contribution is -2.52. The average Bonchev–Trinajstić information content (AvgIpc) is 2.38. The Morgan fingerprint density at radius 3 is 2.14 bits per heavy atom. The molecule has 1 saturated carbocycles. The van der Waals surface area contributed by atoms with Crippen LogP contribution in [0.3, 0.4) is 0 Å².